The van der Waals surface area contributed by atoms with Crippen LogP contribution in [0, 0.1) is 0 Å². The molecule has 1 aliphatic heterocycles. The first kappa shape index (κ1) is 22.4. The standard InChI is InChI=1S/C21H25BrN2O5S/c1-5-28-17-7-8-19(29-6-2)18(12-17)23-30(26,27)20-11-16(22)10-15-9-13(3)24(14(4)25)21(15)20/h7-8,10-13,23H,5-6,9H2,1-4H3/t13-/m0/s1. The Labute approximate surface area is 185 Å². The smallest absolute Gasteiger partial charge is 0.264 e. The van der Waals surface area contributed by atoms with Gasteiger partial charge in [0, 0.05) is 23.5 Å². The minimum absolute atomic E-state index is 0.0377. The van der Waals surface area contributed by atoms with Gasteiger partial charge < -0.3 is 14.4 Å². The lowest BCUT2D eigenvalue weighted by Gasteiger charge is -2.23. The first-order valence-electron chi connectivity index (χ1n) is 9.72. The zero-order valence-electron chi connectivity index (χ0n) is 17.4. The van der Waals surface area contributed by atoms with Gasteiger partial charge in [-0.05, 0) is 57.0 Å². The van der Waals surface area contributed by atoms with Crippen molar-refractivity contribution in [1.82, 2.24) is 0 Å². The lowest BCUT2D eigenvalue weighted by Crippen LogP contribution is -2.34. The van der Waals surface area contributed by atoms with Gasteiger partial charge in [0.05, 0.1) is 24.6 Å². The van der Waals surface area contributed by atoms with Gasteiger partial charge in [-0.1, -0.05) is 15.9 Å². The number of benzene rings is 2. The van der Waals surface area contributed by atoms with E-state index in [-0.39, 0.29) is 22.5 Å². The molecule has 7 nitrogen and oxygen atoms in total. The minimum Gasteiger partial charge on any atom is -0.494 e. The van der Waals surface area contributed by atoms with Crippen molar-refractivity contribution in [2.75, 3.05) is 22.8 Å². The van der Waals surface area contributed by atoms with Crippen molar-refractivity contribution in [3.05, 3.63) is 40.4 Å². The van der Waals surface area contributed by atoms with Gasteiger partial charge in [0.15, 0.2) is 0 Å². The molecule has 1 N–H and O–H groups in total. The number of nitrogens with zero attached hydrogens (tertiary/aromatic N) is 1. The molecule has 0 saturated heterocycles. The largest absolute Gasteiger partial charge is 0.494 e. The van der Waals surface area contributed by atoms with Gasteiger partial charge in [0.25, 0.3) is 10.0 Å². The molecule has 2 aromatic carbocycles. The third kappa shape index (κ3) is 4.41. The zero-order chi connectivity index (χ0) is 22.1. The molecule has 1 heterocycles. The molecule has 0 aromatic heterocycles. The monoisotopic (exact) mass is 496 g/mol. The number of hydrogen-bond acceptors (Lipinski definition) is 5. The number of ether oxygens (including phenoxy) is 2. The molecule has 1 aliphatic rings. The number of carbonyl (C=O) groups excluding carboxylic acids is 1. The third-order valence-corrected chi connectivity index (χ3v) is 6.59. The molecule has 162 valence electrons. The van der Waals surface area contributed by atoms with Crippen LogP contribution in [0.5, 0.6) is 11.5 Å². The average molecular weight is 497 g/mol. The maximum atomic E-state index is 13.4. The topological polar surface area (TPSA) is 84.9 Å². The van der Waals surface area contributed by atoms with Crippen molar-refractivity contribution in [2.24, 2.45) is 0 Å². The summed E-state index contributed by atoms with van der Waals surface area (Å²) >= 11 is 3.40. The van der Waals surface area contributed by atoms with Gasteiger partial charge in [0.1, 0.15) is 16.4 Å². The molecular weight excluding hydrogens is 472 g/mol. The summed E-state index contributed by atoms with van der Waals surface area (Å²) in [5, 5.41) is 0. The first-order chi connectivity index (χ1) is 14.2. The van der Waals surface area contributed by atoms with Crippen molar-refractivity contribution in [3.63, 3.8) is 0 Å². The second-order valence-corrected chi connectivity index (χ2v) is 9.55. The third-order valence-electron chi connectivity index (χ3n) is 4.75. The summed E-state index contributed by atoms with van der Waals surface area (Å²) in [5.74, 6) is 0.721. The maximum Gasteiger partial charge on any atom is 0.264 e. The van der Waals surface area contributed by atoms with Crippen LogP contribution in [0.4, 0.5) is 11.4 Å². The maximum absolute atomic E-state index is 13.4. The number of halogens is 1. The van der Waals surface area contributed by atoms with Crippen LogP contribution in [0.25, 0.3) is 0 Å². The van der Waals surface area contributed by atoms with Gasteiger partial charge in [-0.25, -0.2) is 8.42 Å². The fraction of sp³-hybridized carbons (Fsp3) is 0.381. The molecular formula is C21H25BrN2O5S. The van der Waals surface area contributed by atoms with Gasteiger partial charge in [-0.15, -0.1) is 0 Å². The van der Waals surface area contributed by atoms with E-state index in [4.69, 9.17) is 9.47 Å². The molecule has 9 heteroatoms. The number of sulfonamides is 1. The van der Waals surface area contributed by atoms with E-state index >= 15 is 0 Å². The van der Waals surface area contributed by atoms with Crippen molar-refractivity contribution < 1.29 is 22.7 Å². The number of nitrogens with one attached hydrogen (secondary N) is 1. The van der Waals surface area contributed by atoms with Crippen LogP contribution in [0.15, 0.2) is 39.7 Å². The van der Waals surface area contributed by atoms with Crippen LogP contribution in [0.2, 0.25) is 0 Å². The SMILES string of the molecule is CCOc1ccc(OCC)c(NS(=O)(=O)c2cc(Br)cc3c2N(C(C)=O)[C@@H](C)C3)c1. The van der Waals surface area contributed by atoms with Crippen LogP contribution >= 0.6 is 15.9 Å². The average Bonchev–Trinajstić information content (AvgIpc) is 2.98. The van der Waals surface area contributed by atoms with E-state index in [0.717, 1.165) is 5.56 Å². The highest BCUT2D eigenvalue weighted by Crippen LogP contribution is 2.41. The summed E-state index contributed by atoms with van der Waals surface area (Å²) in [7, 11) is -4.03. The van der Waals surface area contributed by atoms with Crippen molar-refractivity contribution in [3.8, 4) is 11.5 Å². The summed E-state index contributed by atoms with van der Waals surface area (Å²) in [6, 6.07) is 8.23. The Kier molecular flexibility index (Phi) is 6.62. The number of carbonyl (C=O) groups is 1. The second kappa shape index (κ2) is 8.85. The van der Waals surface area contributed by atoms with Crippen LogP contribution in [-0.2, 0) is 21.2 Å². The molecule has 0 saturated carbocycles. The molecule has 0 bridgehead atoms. The van der Waals surface area contributed by atoms with E-state index in [9.17, 15) is 13.2 Å². The second-order valence-electron chi connectivity index (χ2n) is 6.98. The van der Waals surface area contributed by atoms with Crippen LogP contribution in [0.3, 0.4) is 0 Å². The summed E-state index contributed by atoms with van der Waals surface area (Å²) in [6.07, 6.45) is 0.584. The Morgan fingerprint density at radius 2 is 1.90 bits per heavy atom. The number of rotatable bonds is 7. The summed E-state index contributed by atoms with van der Waals surface area (Å²) in [5.41, 5.74) is 1.50. The fourth-order valence-electron chi connectivity index (χ4n) is 3.69. The van der Waals surface area contributed by atoms with Crippen molar-refractivity contribution in [2.45, 2.75) is 45.1 Å². The molecule has 1 atom stereocenters. The molecule has 0 unspecified atom stereocenters. The number of anilines is 2. The van der Waals surface area contributed by atoms with Gasteiger partial charge in [0.2, 0.25) is 5.91 Å². The van der Waals surface area contributed by atoms with Crippen LogP contribution < -0.4 is 19.1 Å². The Morgan fingerprint density at radius 1 is 1.20 bits per heavy atom. The summed E-state index contributed by atoms with van der Waals surface area (Å²) in [4.78, 5) is 13.8. The number of hydrogen-bond donors (Lipinski definition) is 1. The lowest BCUT2D eigenvalue weighted by molar-refractivity contribution is -0.116. The molecule has 3 rings (SSSR count). The summed E-state index contributed by atoms with van der Waals surface area (Å²) < 4.78 is 41.2. The molecule has 0 aliphatic carbocycles. The molecule has 0 fully saturated rings. The molecule has 0 radical (unpaired) electrons. The van der Waals surface area contributed by atoms with E-state index < -0.39 is 10.0 Å². The van der Waals surface area contributed by atoms with Crippen molar-refractivity contribution >= 4 is 43.2 Å². The van der Waals surface area contributed by atoms with Crippen molar-refractivity contribution in [1.29, 1.82) is 0 Å². The highest BCUT2D eigenvalue weighted by molar-refractivity contribution is 9.10. The number of fused-ring (bicyclic) bond motifs is 1. The zero-order valence-corrected chi connectivity index (χ0v) is 19.8. The predicted molar refractivity (Wildman–Crippen MR) is 120 cm³/mol. The highest BCUT2D eigenvalue weighted by atomic mass is 79.9. The Balaban J connectivity index is 2.10. The normalized spacial score (nSPS) is 15.6. The van der Waals surface area contributed by atoms with E-state index in [0.29, 0.717) is 41.3 Å². The lowest BCUT2D eigenvalue weighted by atomic mass is 10.1. The highest BCUT2D eigenvalue weighted by Gasteiger charge is 2.35. The Morgan fingerprint density at radius 3 is 2.53 bits per heavy atom. The van der Waals surface area contributed by atoms with Gasteiger partial charge in [-0.3, -0.25) is 9.52 Å². The predicted octanol–water partition coefficient (Wildman–Crippen LogP) is 4.34. The van der Waals surface area contributed by atoms with Crippen LogP contribution in [-0.4, -0.2) is 33.6 Å². The van der Waals surface area contributed by atoms with E-state index in [1.807, 2.05) is 26.8 Å². The molecule has 0 spiro atoms. The van der Waals surface area contributed by atoms with E-state index in [1.54, 1.807) is 18.2 Å². The molecule has 30 heavy (non-hydrogen) atoms. The Bertz CT molecular complexity index is 1070. The quantitative estimate of drug-likeness (QED) is 0.615. The molecule has 1 amide bonds. The van der Waals surface area contributed by atoms with E-state index in [1.165, 1.54) is 17.9 Å². The van der Waals surface area contributed by atoms with Gasteiger partial charge in [-0.2, -0.15) is 0 Å². The summed E-state index contributed by atoms with van der Waals surface area (Å²) in [6.45, 7) is 7.84. The Hall–Kier alpha value is -2.26. The van der Waals surface area contributed by atoms with Crippen LogP contribution in [0.1, 0.15) is 33.3 Å². The van der Waals surface area contributed by atoms with Gasteiger partial charge >= 0.3 is 0 Å². The number of amides is 1. The molecule has 2 aromatic rings. The fourth-order valence-corrected chi connectivity index (χ4v) is 5.67. The van der Waals surface area contributed by atoms with E-state index in [2.05, 4.69) is 20.7 Å². The minimum atomic E-state index is -4.03. The first-order valence-corrected chi connectivity index (χ1v) is 12.0.